The lowest BCUT2D eigenvalue weighted by Gasteiger charge is -2.23. The minimum absolute atomic E-state index is 0.140. The summed E-state index contributed by atoms with van der Waals surface area (Å²) >= 11 is 0. The Morgan fingerprint density at radius 3 is 2.74 bits per heavy atom. The summed E-state index contributed by atoms with van der Waals surface area (Å²) in [5.74, 6) is 0.166. The number of amides is 1. The lowest BCUT2D eigenvalue weighted by molar-refractivity contribution is -0.120. The molecule has 1 amide bonds. The molecule has 2 N–H and O–H groups in total. The van der Waals surface area contributed by atoms with Crippen LogP contribution in [0.1, 0.15) is 25.3 Å². The van der Waals surface area contributed by atoms with Gasteiger partial charge in [0.25, 0.3) is 0 Å². The second-order valence-electron chi connectivity index (χ2n) is 5.31. The maximum absolute atomic E-state index is 11.9. The summed E-state index contributed by atoms with van der Waals surface area (Å²) in [6.45, 7) is 3.98. The van der Waals surface area contributed by atoms with E-state index in [1.807, 2.05) is 31.2 Å². The predicted molar refractivity (Wildman–Crippen MR) is 74.6 cm³/mol. The van der Waals surface area contributed by atoms with E-state index in [9.17, 15) is 10.1 Å². The van der Waals surface area contributed by atoms with E-state index < -0.39 is 5.54 Å². The fourth-order valence-electron chi connectivity index (χ4n) is 2.16. The molecule has 0 aliphatic heterocycles. The van der Waals surface area contributed by atoms with E-state index in [0.29, 0.717) is 5.92 Å². The van der Waals surface area contributed by atoms with Gasteiger partial charge in [-0.2, -0.15) is 5.26 Å². The van der Waals surface area contributed by atoms with Crippen molar-refractivity contribution >= 4 is 11.6 Å². The van der Waals surface area contributed by atoms with Gasteiger partial charge in [0.15, 0.2) is 0 Å². The second kappa shape index (κ2) is 5.31. The summed E-state index contributed by atoms with van der Waals surface area (Å²) in [6, 6.07) is 10.0. The lowest BCUT2D eigenvalue weighted by atomic mass is 9.98. The number of nitrogens with zero attached hydrogens (tertiary/aromatic N) is 1. The fraction of sp³-hybridized carbons (Fsp3) is 0.467. The molecule has 0 bridgehead atoms. The average Bonchev–Trinajstić information content (AvgIpc) is 3.22. The van der Waals surface area contributed by atoms with Crippen molar-refractivity contribution in [1.82, 2.24) is 5.32 Å². The van der Waals surface area contributed by atoms with Crippen LogP contribution in [0.4, 0.5) is 5.69 Å². The molecule has 1 saturated carbocycles. The molecule has 100 valence electrons. The minimum atomic E-state index is -0.718. The number of carbonyl (C=O) groups is 1. The monoisotopic (exact) mass is 257 g/mol. The van der Waals surface area contributed by atoms with Crippen molar-refractivity contribution in [2.24, 2.45) is 5.92 Å². The molecule has 2 rings (SSSR count). The third-order valence-corrected chi connectivity index (χ3v) is 3.61. The molecule has 0 spiro atoms. The molecule has 19 heavy (non-hydrogen) atoms. The smallest absolute Gasteiger partial charge is 0.240 e. The van der Waals surface area contributed by atoms with Crippen molar-refractivity contribution in [2.75, 3.05) is 11.9 Å². The number of anilines is 1. The number of benzene rings is 1. The molecule has 4 nitrogen and oxygen atoms in total. The van der Waals surface area contributed by atoms with Crippen molar-refractivity contribution in [3.8, 4) is 6.07 Å². The van der Waals surface area contributed by atoms with E-state index in [1.165, 1.54) is 0 Å². The highest BCUT2D eigenvalue weighted by Crippen LogP contribution is 2.39. The van der Waals surface area contributed by atoms with Crippen LogP contribution in [0.3, 0.4) is 0 Å². The molecule has 1 aromatic rings. The summed E-state index contributed by atoms with van der Waals surface area (Å²) in [6.07, 6.45) is 2.05. The van der Waals surface area contributed by atoms with Crippen molar-refractivity contribution in [3.05, 3.63) is 29.8 Å². The largest absolute Gasteiger partial charge is 0.376 e. The van der Waals surface area contributed by atoms with Crippen molar-refractivity contribution in [3.63, 3.8) is 0 Å². The highest BCUT2D eigenvalue weighted by molar-refractivity contribution is 5.82. The van der Waals surface area contributed by atoms with Gasteiger partial charge in [-0.25, -0.2) is 0 Å². The summed E-state index contributed by atoms with van der Waals surface area (Å²) in [5, 5.41) is 15.1. The Hall–Kier alpha value is -2.02. The molecule has 1 aliphatic carbocycles. The maximum Gasteiger partial charge on any atom is 0.240 e. The Balaban J connectivity index is 1.88. The molecule has 4 heteroatoms. The third-order valence-electron chi connectivity index (χ3n) is 3.61. The quantitative estimate of drug-likeness (QED) is 0.850. The molecular weight excluding hydrogens is 238 g/mol. The van der Waals surface area contributed by atoms with Crippen LogP contribution in [0.25, 0.3) is 0 Å². The number of hydrogen-bond acceptors (Lipinski definition) is 3. The van der Waals surface area contributed by atoms with E-state index in [4.69, 9.17) is 0 Å². The van der Waals surface area contributed by atoms with Gasteiger partial charge in [0, 0.05) is 5.69 Å². The molecule has 0 aromatic heterocycles. The van der Waals surface area contributed by atoms with Crippen LogP contribution in [-0.2, 0) is 4.79 Å². The minimum Gasteiger partial charge on any atom is -0.376 e. The first kappa shape index (κ1) is 13.4. The maximum atomic E-state index is 11.9. The van der Waals surface area contributed by atoms with Crippen molar-refractivity contribution < 1.29 is 4.79 Å². The summed E-state index contributed by atoms with van der Waals surface area (Å²) in [5.41, 5.74) is 1.33. The Kier molecular flexibility index (Phi) is 3.75. The number of aryl methyl sites for hydroxylation is 1. The first-order valence-corrected chi connectivity index (χ1v) is 6.57. The first-order valence-electron chi connectivity index (χ1n) is 6.57. The first-order chi connectivity index (χ1) is 9.05. The second-order valence-corrected chi connectivity index (χ2v) is 5.31. The van der Waals surface area contributed by atoms with Gasteiger partial charge in [-0.1, -0.05) is 18.2 Å². The van der Waals surface area contributed by atoms with Gasteiger partial charge in [0.2, 0.25) is 5.91 Å². The van der Waals surface area contributed by atoms with Crippen LogP contribution < -0.4 is 10.6 Å². The SMILES string of the molecule is Cc1ccccc1NCC(=O)NC(C)(C#N)C1CC1. The van der Waals surface area contributed by atoms with Crippen LogP contribution in [-0.4, -0.2) is 18.0 Å². The van der Waals surface area contributed by atoms with Crippen LogP contribution in [0.15, 0.2) is 24.3 Å². The zero-order valence-electron chi connectivity index (χ0n) is 11.4. The zero-order chi connectivity index (χ0) is 13.9. The lowest BCUT2D eigenvalue weighted by Crippen LogP contribution is -2.48. The van der Waals surface area contributed by atoms with Gasteiger partial charge >= 0.3 is 0 Å². The topological polar surface area (TPSA) is 64.9 Å². The molecule has 1 aromatic carbocycles. The normalized spacial score (nSPS) is 17.1. The summed E-state index contributed by atoms with van der Waals surface area (Å²) in [4.78, 5) is 11.9. The summed E-state index contributed by atoms with van der Waals surface area (Å²) < 4.78 is 0. The number of carbonyl (C=O) groups excluding carboxylic acids is 1. The molecule has 0 radical (unpaired) electrons. The van der Waals surface area contributed by atoms with E-state index in [2.05, 4.69) is 16.7 Å². The Bertz CT molecular complexity index is 516. The van der Waals surface area contributed by atoms with E-state index in [0.717, 1.165) is 24.1 Å². The average molecular weight is 257 g/mol. The van der Waals surface area contributed by atoms with Crippen molar-refractivity contribution in [1.29, 1.82) is 5.26 Å². The van der Waals surface area contributed by atoms with E-state index in [-0.39, 0.29) is 12.5 Å². The van der Waals surface area contributed by atoms with Crippen LogP contribution in [0.2, 0.25) is 0 Å². The Morgan fingerprint density at radius 2 is 2.16 bits per heavy atom. The van der Waals surface area contributed by atoms with E-state index >= 15 is 0 Å². The molecular formula is C15H19N3O. The highest BCUT2D eigenvalue weighted by Gasteiger charge is 2.42. The van der Waals surface area contributed by atoms with E-state index in [1.54, 1.807) is 6.92 Å². The molecule has 0 saturated heterocycles. The molecule has 0 heterocycles. The molecule has 1 atom stereocenters. The van der Waals surface area contributed by atoms with Gasteiger partial charge < -0.3 is 10.6 Å². The number of nitrogens with one attached hydrogen (secondary N) is 2. The summed E-state index contributed by atoms with van der Waals surface area (Å²) in [7, 11) is 0. The zero-order valence-corrected chi connectivity index (χ0v) is 11.4. The van der Waals surface area contributed by atoms with Crippen molar-refractivity contribution in [2.45, 2.75) is 32.2 Å². The number of rotatable bonds is 5. The predicted octanol–water partition coefficient (Wildman–Crippen LogP) is 2.22. The fourth-order valence-corrected chi connectivity index (χ4v) is 2.16. The standard InChI is InChI=1S/C15H19N3O/c1-11-5-3-4-6-13(11)17-9-14(19)18-15(2,10-16)12-7-8-12/h3-6,12,17H,7-9H2,1-2H3,(H,18,19). The van der Waals surface area contributed by atoms with Gasteiger partial charge in [0.1, 0.15) is 5.54 Å². The van der Waals surface area contributed by atoms with Crippen LogP contribution in [0, 0.1) is 24.2 Å². The van der Waals surface area contributed by atoms with Gasteiger partial charge in [0.05, 0.1) is 12.6 Å². The number of hydrogen-bond donors (Lipinski definition) is 2. The molecule has 1 unspecified atom stereocenters. The number of para-hydroxylation sites is 1. The van der Waals surface area contributed by atoms with Crippen LogP contribution in [0.5, 0.6) is 0 Å². The van der Waals surface area contributed by atoms with Gasteiger partial charge in [-0.15, -0.1) is 0 Å². The van der Waals surface area contributed by atoms with Gasteiger partial charge in [-0.05, 0) is 44.2 Å². The third kappa shape index (κ3) is 3.25. The van der Waals surface area contributed by atoms with Gasteiger partial charge in [-0.3, -0.25) is 4.79 Å². The molecule has 1 aliphatic rings. The Morgan fingerprint density at radius 1 is 1.47 bits per heavy atom. The highest BCUT2D eigenvalue weighted by atomic mass is 16.2. The Labute approximate surface area is 113 Å². The number of nitriles is 1. The molecule has 1 fully saturated rings. The van der Waals surface area contributed by atoms with Crippen LogP contribution >= 0.6 is 0 Å².